The van der Waals surface area contributed by atoms with E-state index in [1.165, 1.54) is 12.4 Å². The SMILES string of the molecule is CC(C)(C)OC(=O)[C@H](O)[C@@H](O)c1cncc(Cl)n1. The van der Waals surface area contributed by atoms with Gasteiger partial charge in [0.15, 0.2) is 6.10 Å². The Balaban J connectivity index is 2.78. The van der Waals surface area contributed by atoms with Crippen LogP contribution in [0, 0.1) is 0 Å². The number of ether oxygens (including phenoxy) is 1. The van der Waals surface area contributed by atoms with Crippen LogP contribution in [0.5, 0.6) is 0 Å². The van der Waals surface area contributed by atoms with Gasteiger partial charge in [0, 0.05) is 0 Å². The molecule has 0 aromatic carbocycles. The number of hydrogen-bond acceptors (Lipinski definition) is 6. The average Bonchev–Trinajstić information content (AvgIpc) is 2.24. The van der Waals surface area contributed by atoms with Crippen LogP contribution in [0.15, 0.2) is 12.4 Å². The molecular weight excluding hydrogens is 260 g/mol. The standard InChI is InChI=1S/C11H15ClN2O4/c1-11(2,3)18-10(17)9(16)8(15)6-4-13-5-7(12)14-6/h4-5,8-9,15-16H,1-3H3/t8-,9+/m0/s1. The summed E-state index contributed by atoms with van der Waals surface area (Å²) in [5, 5.41) is 19.5. The quantitative estimate of drug-likeness (QED) is 0.795. The molecule has 18 heavy (non-hydrogen) atoms. The van der Waals surface area contributed by atoms with Crippen LogP contribution >= 0.6 is 11.6 Å². The fourth-order valence-corrected chi connectivity index (χ4v) is 1.31. The lowest BCUT2D eigenvalue weighted by Gasteiger charge is -2.23. The highest BCUT2D eigenvalue weighted by Crippen LogP contribution is 2.18. The van der Waals surface area contributed by atoms with Crippen LogP contribution in [0.2, 0.25) is 5.15 Å². The Hall–Kier alpha value is -1.24. The van der Waals surface area contributed by atoms with Gasteiger partial charge in [-0.15, -0.1) is 0 Å². The zero-order valence-corrected chi connectivity index (χ0v) is 11.0. The molecule has 1 rings (SSSR count). The Kier molecular flexibility index (Phi) is 4.61. The van der Waals surface area contributed by atoms with Crippen LogP contribution in [0.1, 0.15) is 32.6 Å². The number of aliphatic hydroxyl groups is 2. The first-order valence-electron chi connectivity index (χ1n) is 5.27. The molecule has 6 nitrogen and oxygen atoms in total. The molecule has 0 aliphatic heterocycles. The van der Waals surface area contributed by atoms with Crippen molar-refractivity contribution in [2.24, 2.45) is 0 Å². The number of esters is 1. The average molecular weight is 275 g/mol. The van der Waals surface area contributed by atoms with Gasteiger partial charge in [0.25, 0.3) is 0 Å². The Morgan fingerprint density at radius 2 is 2.00 bits per heavy atom. The summed E-state index contributed by atoms with van der Waals surface area (Å²) in [6.07, 6.45) is -0.787. The Bertz CT molecular complexity index is 433. The lowest BCUT2D eigenvalue weighted by atomic mass is 10.1. The zero-order chi connectivity index (χ0) is 13.9. The van der Waals surface area contributed by atoms with Gasteiger partial charge in [-0.2, -0.15) is 0 Å². The molecule has 0 saturated carbocycles. The van der Waals surface area contributed by atoms with Crippen molar-refractivity contribution in [2.45, 2.75) is 38.6 Å². The molecule has 1 aromatic heterocycles. The monoisotopic (exact) mass is 274 g/mol. The van der Waals surface area contributed by atoms with Crippen LogP contribution in [0.25, 0.3) is 0 Å². The predicted octanol–water partition coefficient (Wildman–Crippen LogP) is 0.866. The van der Waals surface area contributed by atoms with Crippen LogP contribution in [-0.2, 0) is 9.53 Å². The third-order valence-corrected chi connectivity index (χ3v) is 2.06. The molecule has 0 radical (unpaired) electrons. The maximum Gasteiger partial charge on any atom is 0.338 e. The van der Waals surface area contributed by atoms with Crippen molar-refractivity contribution in [2.75, 3.05) is 0 Å². The van der Waals surface area contributed by atoms with E-state index in [9.17, 15) is 15.0 Å². The van der Waals surface area contributed by atoms with E-state index in [-0.39, 0.29) is 10.8 Å². The van der Waals surface area contributed by atoms with E-state index in [1.807, 2.05) is 0 Å². The Morgan fingerprint density at radius 3 is 2.50 bits per heavy atom. The highest BCUT2D eigenvalue weighted by Gasteiger charge is 2.31. The minimum absolute atomic E-state index is 0.000796. The molecule has 1 aromatic rings. The minimum atomic E-state index is -1.74. The highest BCUT2D eigenvalue weighted by atomic mass is 35.5. The second kappa shape index (κ2) is 5.60. The Morgan fingerprint density at radius 1 is 1.39 bits per heavy atom. The number of nitrogens with zero attached hydrogens (tertiary/aromatic N) is 2. The molecule has 2 atom stereocenters. The maximum atomic E-state index is 11.5. The van der Waals surface area contributed by atoms with Gasteiger partial charge in [-0.1, -0.05) is 11.6 Å². The van der Waals surface area contributed by atoms with Gasteiger partial charge in [0.2, 0.25) is 0 Å². The van der Waals surface area contributed by atoms with Crippen molar-refractivity contribution < 1.29 is 19.7 Å². The molecule has 2 N–H and O–H groups in total. The minimum Gasteiger partial charge on any atom is -0.458 e. The van der Waals surface area contributed by atoms with Gasteiger partial charge >= 0.3 is 5.97 Å². The second-order valence-corrected chi connectivity index (χ2v) is 5.08. The number of aromatic nitrogens is 2. The van der Waals surface area contributed by atoms with Crippen LogP contribution in [0.3, 0.4) is 0 Å². The van der Waals surface area contributed by atoms with Crippen molar-refractivity contribution in [3.05, 3.63) is 23.2 Å². The molecule has 0 aliphatic rings. The van der Waals surface area contributed by atoms with Crippen molar-refractivity contribution in [3.63, 3.8) is 0 Å². The third kappa shape index (κ3) is 4.21. The first-order chi connectivity index (χ1) is 8.20. The summed E-state index contributed by atoms with van der Waals surface area (Å²) in [4.78, 5) is 19.0. The van der Waals surface area contributed by atoms with Crippen LogP contribution in [-0.4, -0.2) is 37.9 Å². The van der Waals surface area contributed by atoms with Gasteiger partial charge in [-0.3, -0.25) is 4.98 Å². The van der Waals surface area contributed by atoms with Gasteiger partial charge in [-0.05, 0) is 20.8 Å². The molecule has 0 fully saturated rings. The van der Waals surface area contributed by atoms with E-state index < -0.39 is 23.8 Å². The van der Waals surface area contributed by atoms with Crippen molar-refractivity contribution in [1.82, 2.24) is 9.97 Å². The number of carbonyl (C=O) groups excluding carboxylic acids is 1. The lowest BCUT2D eigenvalue weighted by molar-refractivity contribution is -0.171. The fourth-order valence-electron chi connectivity index (χ4n) is 1.15. The fraction of sp³-hybridized carbons (Fsp3) is 0.545. The maximum absolute atomic E-state index is 11.5. The first kappa shape index (κ1) is 14.8. The lowest BCUT2D eigenvalue weighted by Crippen LogP contribution is -2.35. The van der Waals surface area contributed by atoms with E-state index >= 15 is 0 Å². The molecule has 0 spiro atoms. The van der Waals surface area contributed by atoms with Crippen LogP contribution in [0.4, 0.5) is 0 Å². The smallest absolute Gasteiger partial charge is 0.338 e. The summed E-state index contributed by atoms with van der Waals surface area (Å²) in [5.74, 6) is -0.934. The van der Waals surface area contributed by atoms with Crippen molar-refractivity contribution in [1.29, 1.82) is 0 Å². The molecule has 100 valence electrons. The largest absolute Gasteiger partial charge is 0.458 e. The van der Waals surface area contributed by atoms with Crippen LogP contribution < -0.4 is 0 Å². The molecule has 0 amide bonds. The van der Waals surface area contributed by atoms with Crippen molar-refractivity contribution in [3.8, 4) is 0 Å². The molecule has 0 aliphatic carbocycles. The number of aliphatic hydroxyl groups excluding tert-OH is 2. The van der Waals surface area contributed by atoms with E-state index in [4.69, 9.17) is 16.3 Å². The van der Waals surface area contributed by atoms with E-state index in [1.54, 1.807) is 20.8 Å². The summed E-state index contributed by atoms with van der Waals surface area (Å²) in [6.45, 7) is 4.97. The molecule has 1 heterocycles. The van der Waals surface area contributed by atoms with E-state index in [2.05, 4.69) is 9.97 Å². The Labute approximate surface area is 110 Å². The predicted molar refractivity (Wildman–Crippen MR) is 63.9 cm³/mol. The number of carbonyl (C=O) groups is 1. The summed E-state index contributed by atoms with van der Waals surface area (Å²) >= 11 is 5.60. The van der Waals surface area contributed by atoms with E-state index in [0.29, 0.717) is 0 Å². The van der Waals surface area contributed by atoms with Gasteiger partial charge < -0.3 is 14.9 Å². The van der Waals surface area contributed by atoms with E-state index in [0.717, 1.165) is 0 Å². The number of hydrogen-bond donors (Lipinski definition) is 2. The van der Waals surface area contributed by atoms with Crippen molar-refractivity contribution >= 4 is 17.6 Å². The topological polar surface area (TPSA) is 92.5 Å². The first-order valence-corrected chi connectivity index (χ1v) is 5.65. The zero-order valence-electron chi connectivity index (χ0n) is 10.3. The molecule has 0 unspecified atom stereocenters. The second-order valence-electron chi connectivity index (χ2n) is 4.69. The molecular formula is C11H15ClN2O4. The van der Waals surface area contributed by atoms with Gasteiger partial charge in [-0.25, -0.2) is 9.78 Å². The normalized spacial score (nSPS) is 15.0. The van der Waals surface area contributed by atoms with Gasteiger partial charge in [0.05, 0.1) is 18.1 Å². The third-order valence-electron chi connectivity index (χ3n) is 1.87. The summed E-state index contributed by atoms with van der Waals surface area (Å²) in [7, 11) is 0. The molecule has 0 bridgehead atoms. The summed E-state index contributed by atoms with van der Waals surface area (Å²) in [6, 6.07) is 0. The highest BCUT2D eigenvalue weighted by molar-refractivity contribution is 6.29. The number of halogens is 1. The molecule has 0 saturated heterocycles. The molecule has 7 heteroatoms. The number of rotatable bonds is 3. The van der Waals surface area contributed by atoms with Gasteiger partial charge in [0.1, 0.15) is 16.9 Å². The summed E-state index contributed by atoms with van der Waals surface area (Å²) < 4.78 is 4.94. The summed E-state index contributed by atoms with van der Waals surface area (Å²) in [5.41, 5.74) is -0.751.